The minimum atomic E-state index is -0.167. The monoisotopic (exact) mass is 405 g/mol. The Labute approximate surface area is 164 Å². The molecule has 0 saturated heterocycles. The van der Waals surface area contributed by atoms with Gasteiger partial charge in [0, 0.05) is 44.5 Å². The Balaban J connectivity index is -0.000000118. The van der Waals surface area contributed by atoms with E-state index in [0.29, 0.717) is 5.41 Å². The van der Waals surface area contributed by atoms with Gasteiger partial charge < -0.3 is 15.3 Å². The number of hydrogen-bond acceptors (Lipinski definition) is 3. The zero-order chi connectivity index (χ0) is 18.3. The molecule has 3 nitrogen and oxygen atoms in total. The topological polar surface area (TPSA) is 60.7 Å². The second-order valence-electron chi connectivity index (χ2n) is 7.33. The van der Waals surface area contributed by atoms with Crippen LogP contribution < -0.4 is 0 Å². The van der Waals surface area contributed by atoms with Crippen molar-refractivity contribution in [2.45, 2.75) is 93.5 Å². The van der Waals surface area contributed by atoms with Crippen molar-refractivity contribution in [1.82, 2.24) is 0 Å². The van der Waals surface area contributed by atoms with Gasteiger partial charge in [-0.05, 0) is 47.0 Å². The summed E-state index contributed by atoms with van der Waals surface area (Å²) in [6.45, 7) is 17.1. The molecule has 138 valence electrons. The van der Waals surface area contributed by atoms with Crippen molar-refractivity contribution < 1.29 is 41.5 Å². The van der Waals surface area contributed by atoms with Crippen LogP contribution in [0.15, 0.2) is 17.7 Å². The molecule has 0 amide bonds. The number of rotatable bonds is 1. The Kier molecular flexibility index (Phi) is 25.1. The third-order valence-corrected chi connectivity index (χ3v) is 1.49. The van der Waals surface area contributed by atoms with E-state index in [2.05, 4.69) is 39.0 Å². The summed E-state index contributed by atoms with van der Waals surface area (Å²) in [7, 11) is 0. The third-order valence-electron chi connectivity index (χ3n) is 1.49. The maximum absolute atomic E-state index is 8.06. The minimum absolute atomic E-state index is 0. The molecule has 0 spiro atoms. The predicted octanol–water partition coefficient (Wildman–Crippen LogP) is 4.27. The number of hydrogen-bond donors (Lipinski definition) is 3. The van der Waals surface area contributed by atoms with Crippen molar-refractivity contribution in [3.63, 3.8) is 0 Å². The van der Waals surface area contributed by atoms with E-state index >= 15 is 0 Å². The predicted molar refractivity (Wildman–Crippen MR) is 96.6 cm³/mol. The molecule has 0 aromatic heterocycles. The Morgan fingerprint density at radius 1 is 0.913 bits per heavy atom. The van der Waals surface area contributed by atoms with Gasteiger partial charge in [0.1, 0.15) is 0 Å². The molecule has 0 aromatic carbocycles. The molecule has 1 rings (SSSR count). The van der Waals surface area contributed by atoms with E-state index in [1.165, 1.54) is 5.57 Å². The molecule has 0 radical (unpaired) electrons. The van der Waals surface area contributed by atoms with Gasteiger partial charge in [0.2, 0.25) is 0 Å². The molecule has 0 fully saturated rings. The van der Waals surface area contributed by atoms with E-state index in [-0.39, 0.29) is 44.5 Å². The first kappa shape index (κ1) is 31.1. The van der Waals surface area contributed by atoms with Gasteiger partial charge >= 0.3 is 0 Å². The Morgan fingerprint density at radius 3 is 1.39 bits per heavy atom. The summed E-state index contributed by atoms with van der Waals surface area (Å²) >= 11 is 0. The normalized spacial score (nSPS) is 12.4. The quantitative estimate of drug-likeness (QED) is 0.570. The van der Waals surface area contributed by atoms with Crippen LogP contribution in [-0.4, -0.2) is 33.6 Å². The summed E-state index contributed by atoms with van der Waals surface area (Å²) < 4.78 is 0. The van der Waals surface area contributed by atoms with Crippen LogP contribution in [0.5, 0.6) is 0 Å². The van der Waals surface area contributed by atoms with Gasteiger partial charge in [0.15, 0.2) is 0 Å². The second-order valence-corrected chi connectivity index (χ2v) is 7.33. The van der Waals surface area contributed by atoms with Crippen molar-refractivity contribution in [3.8, 4) is 0 Å². The third kappa shape index (κ3) is 60.8. The van der Waals surface area contributed by atoms with Gasteiger partial charge in [-0.2, -0.15) is 6.08 Å². The molecular formula is C19H39O3Zr-. The fourth-order valence-corrected chi connectivity index (χ4v) is 1.14. The average molecular weight is 407 g/mol. The SMILES string of the molecule is CC(C)(C)CC1=[C-]CC=C1.CC(C)O.CC(C)O.CC(C)O.[Zr]. The molecule has 4 heteroatoms. The molecule has 0 bridgehead atoms. The first-order valence-electron chi connectivity index (χ1n) is 8.08. The fraction of sp³-hybridized carbons (Fsp3) is 0.789. The van der Waals surface area contributed by atoms with Crippen LogP contribution in [0.25, 0.3) is 0 Å². The van der Waals surface area contributed by atoms with E-state index in [1.807, 2.05) is 0 Å². The molecule has 0 atom stereocenters. The summed E-state index contributed by atoms with van der Waals surface area (Å²) in [5, 5.41) is 24.2. The average Bonchev–Trinajstić information content (AvgIpc) is 2.63. The van der Waals surface area contributed by atoms with Gasteiger partial charge in [-0.25, -0.2) is 11.6 Å². The number of aliphatic hydroxyl groups is 3. The van der Waals surface area contributed by atoms with Gasteiger partial charge in [0.05, 0.1) is 0 Å². The molecule has 1 aliphatic carbocycles. The van der Waals surface area contributed by atoms with Crippen LogP contribution in [0.3, 0.4) is 0 Å². The maximum atomic E-state index is 8.06. The van der Waals surface area contributed by atoms with E-state index < -0.39 is 0 Å². The summed E-state index contributed by atoms with van der Waals surface area (Å²) in [4.78, 5) is 0. The Morgan fingerprint density at radius 2 is 1.22 bits per heavy atom. The van der Waals surface area contributed by atoms with Gasteiger partial charge in [-0.1, -0.05) is 27.2 Å². The molecule has 0 heterocycles. The van der Waals surface area contributed by atoms with Crippen LogP contribution in [-0.2, 0) is 26.2 Å². The largest absolute Gasteiger partial charge is 0.394 e. The van der Waals surface area contributed by atoms with E-state index in [0.717, 1.165) is 12.8 Å². The molecule has 1 aliphatic rings. The molecule has 0 saturated carbocycles. The first-order chi connectivity index (χ1) is 9.77. The molecular weight excluding hydrogens is 367 g/mol. The van der Waals surface area contributed by atoms with E-state index in [9.17, 15) is 0 Å². The molecule has 0 aliphatic heterocycles. The smallest absolute Gasteiger partial charge is 0.0483 e. The number of allylic oxidation sites excluding steroid dienone is 4. The standard InChI is InChI=1S/C10H15.3C3H8O.Zr/c1-10(2,3)8-9-6-4-5-7-9;3*1-3(2)4;/h4,6H,5,8H2,1-3H3;3*3-4H,1-2H3;/q-1;;;;. The van der Waals surface area contributed by atoms with Crippen LogP contribution in [0.4, 0.5) is 0 Å². The van der Waals surface area contributed by atoms with Crippen molar-refractivity contribution >= 4 is 0 Å². The zero-order valence-electron chi connectivity index (χ0n) is 16.6. The summed E-state index contributed by atoms with van der Waals surface area (Å²) in [6, 6.07) is 0. The van der Waals surface area contributed by atoms with Crippen LogP contribution in [0.1, 0.15) is 75.2 Å². The first-order valence-corrected chi connectivity index (χ1v) is 8.08. The van der Waals surface area contributed by atoms with Crippen molar-refractivity contribution in [2.24, 2.45) is 5.41 Å². The molecule has 0 unspecified atom stereocenters. The fourth-order valence-electron chi connectivity index (χ4n) is 1.14. The van der Waals surface area contributed by atoms with E-state index in [1.54, 1.807) is 41.5 Å². The second kappa shape index (κ2) is 18.6. The Bertz CT molecular complexity index is 265. The molecule has 0 aromatic rings. The van der Waals surface area contributed by atoms with Crippen molar-refractivity contribution in [2.75, 3.05) is 0 Å². The van der Waals surface area contributed by atoms with Gasteiger partial charge in [-0.3, -0.25) is 6.08 Å². The minimum Gasteiger partial charge on any atom is -0.394 e. The zero-order valence-corrected chi connectivity index (χ0v) is 19.1. The van der Waals surface area contributed by atoms with Crippen molar-refractivity contribution in [3.05, 3.63) is 23.8 Å². The summed E-state index contributed by atoms with van der Waals surface area (Å²) in [5.41, 5.74) is 1.80. The van der Waals surface area contributed by atoms with Crippen LogP contribution in [0, 0.1) is 11.5 Å². The van der Waals surface area contributed by atoms with Crippen molar-refractivity contribution in [1.29, 1.82) is 0 Å². The van der Waals surface area contributed by atoms with Gasteiger partial charge in [0.25, 0.3) is 0 Å². The Hall–Kier alpha value is 0.243. The summed E-state index contributed by atoms with van der Waals surface area (Å²) in [5.74, 6) is 0. The van der Waals surface area contributed by atoms with E-state index in [4.69, 9.17) is 15.3 Å². The molecule has 3 N–H and O–H groups in total. The van der Waals surface area contributed by atoms with Gasteiger partial charge in [-0.15, -0.1) is 6.42 Å². The maximum Gasteiger partial charge on any atom is 0.0483 e. The number of aliphatic hydroxyl groups excluding tert-OH is 3. The van der Waals surface area contributed by atoms with Crippen LogP contribution >= 0.6 is 0 Å². The van der Waals surface area contributed by atoms with Crippen LogP contribution in [0.2, 0.25) is 0 Å². The summed E-state index contributed by atoms with van der Waals surface area (Å²) in [6.07, 6.45) is 9.35. The molecule has 23 heavy (non-hydrogen) atoms.